The van der Waals surface area contributed by atoms with Crippen LogP contribution in [-0.4, -0.2) is 28.6 Å². The van der Waals surface area contributed by atoms with Crippen LogP contribution in [0.5, 0.6) is 0 Å². The lowest BCUT2D eigenvalue weighted by Crippen LogP contribution is -2.46. The lowest BCUT2D eigenvalue weighted by Gasteiger charge is -2.39. The Morgan fingerprint density at radius 1 is 1.11 bits per heavy atom. The predicted molar refractivity (Wildman–Crippen MR) is 112 cm³/mol. The summed E-state index contributed by atoms with van der Waals surface area (Å²) in [6, 6.07) is 13.0. The number of hydrogen-bond donors (Lipinski definition) is 1. The van der Waals surface area contributed by atoms with Crippen molar-refractivity contribution in [3.8, 4) is 0 Å². The lowest BCUT2D eigenvalue weighted by molar-refractivity contribution is -0.145. The number of benzene rings is 2. The first-order valence-corrected chi connectivity index (χ1v) is 10.6. The molecule has 0 bridgehead atoms. The van der Waals surface area contributed by atoms with E-state index >= 15 is 0 Å². The van der Waals surface area contributed by atoms with Gasteiger partial charge in [-0.15, -0.1) is 11.3 Å². The topological polar surface area (TPSA) is 40.5 Å². The highest BCUT2D eigenvalue weighted by Gasteiger charge is 2.37. The Hall–Kier alpha value is -1.59. The number of carboxylic acids is 1. The third kappa shape index (κ3) is 3.47. The molecule has 1 fully saturated rings. The summed E-state index contributed by atoms with van der Waals surface area (Å²) in [5, 5.41) is 14.1. The average Bonchev–Trinajstić information content (AvgIpc) is 3.10. The molecule has 1 aromatic heterocycles. The number of aliphatic carboxylic acids is 1. The summed E-state index contributed by atoms with van der Waals surface area (Å²) in [7, 11) is 0. The van der Waals surface area contributed by atoms with Crippen LogP contribution in [0.1, 0.15) is 36.4 Å². The Kier molecular flexibility index (Phi) is 5.42. The second-order valence-corrected chi connectivity index (χ2v) is 8.52. The van der Waals surface area contributed by atoms with Crippen LogP contribution in [0.25, 0.3) is 10.1 Å². The molecule has 1 saturated heterocycles. The Morgan fingerprint density at radius 2 is 1.93 bits per heavy atom. The molecule has 6 heteroatoms. The van der Waals surface area contributed by atoms with Gasteiger partial charge in [0.05, 0.1) is 16.1 Å². The van der Waals surface area contributed by atoms with Crippen molar-refractivity contribution in [2.45, 2.75) is 31.3 Å². The van der Waals surface area contributed by atoms with Crippen LogP contribution in [0.4, 0.5) is 0 Å². The van der Waals surface area contributed by atoms with Crippen molar-refractivity contribution >= 4 is 50.6 Å². The van der Waals surface area contributed by atoms with E-state index in [1.807, 2.05) is 24.3 Å². The molecule has 140 valence electrons. The zero-order chi connectivity index (χ0) is 19.0. The van der Waals surface area contributed by atoms with Crippen LogP contribution in [-0.2, 0) is 4.79 Å². The molecular formula is C21H19Cl2NO2S. The first-order valence-electron chi connectivity index (χ1n) is 8.96. The van der Waals surface area contributed by atoms with Crippen LogP contribution in [0.3, 0.4) is 0 Å². The summed E-state index contributed by atoms with van der Waals surface area (Å²) < 4.78 is 1.18. The number of hydrogen-bond acceptors (Lipinski definition) is 3. The summed E-state index contributed by atoms with van der Waals surface area (Å²) >= 11 is 14.6. The molecule has 27 heavy (non-hydrogen) atoms. The standard InChI is InChI=1S/C21H19Cl2NO2S/c22-16-8-5-7-14(19(16)23)20(24-11-4-3-9-17(24)21(25)26)15-12-27-18-10-2-1-6-13(15)18/h1-2,5-8,10,12,17,20H,3-4,9,11H2,(H,25,26). The first-order chi connectivity index (χ1) is 13.1. The maximum atomic E-state index is 12.0. The van der Waals surface area contributed by atoms with Gasteiger partial charge in [-0.3, -0.25) is 9.69 Å². The molecule has 2 aromatic carbocycles. The van der Waals surface area contributed by atoms with Crippen molar-refractivity contribution in [3.63, 3.8) is 0 Å². The number of thiophene rings is 1. The fourth-order valence-electron chi connectivity index (χ4n) is 3.99. The molecule has 2 unspecified atom stereocenters. The van der Waals surface area contributed by atoms with Crippen molar-refractivity contribution < 1.29 is 9.90 Å². The van der Waals surface area contributed by atoms with Gasteiger partial charge in [0, 0.05) is 4.70 Å². The number of carbonyl (C=O) groups is 1. The second kappa shape index (κ2) is 7.80. The van der Waals surface area contributed by atoms with Gasteiger partial charge in [0.25, 0.3) is 0 Å². The number of piperidine rings is 1. The Morgan fingerprint density at radius 3 is 2.74 bits per heavy atom. The highest BCUT2D eigenvalue weighted by molar-refractivity contribution is 7.17. The molecule has 3 nitrogen and oxygen atoms in total. The summed E-state index contributed by atoms with van der Waals surface area (Å²) in [6.07, 6.45) is 2.54. The largest absolute Gasteiger partial charge is 0.480 e. The van der Waals surface area contributed by atoms with Crippen LogP contribution in [0, 0.1) is 0 Å². The monoisotopic (exact) mass is 419 g/mol. The van der Waals surface area contributed by atoms with Crippen LogP contribution < -0.4 is 0 Å². The minimum Gasteiger partial charge on any atom is -0.480 e. The van der Waals surface area contributed by atoms with Gasteiger partial charge in [-0.05, 0) is 53.4 Å². The van der Waals surface area contributed by atoms with E-state index in [9.17, 15) is 9.90 Å². The van der Waals surface area contributed by atoms with E-state index in [4.69, 9.17) is 23.2 Å². The van der Waals surface area contributed by atoms with Crippen molar-refractivity contribution in [1.29, 1.82) is 0 Å². The van der Waals surface area contributed by atoms with Crippen LogP contribution in [0.2, 0.25) is 10.0 Å². The van der Waals surface area contributed by atoms with E-state index in [2.05, 4.69) is 22.4 Å². The maximum Gasteiger partial charge on any atom is 0.320 e. The first kappa shape index (κ1) is 18.8. The van der Waals surface area contributed by atoms with Crippen molar-refractivity contribution in [2.75, 3.05) is 6.54 Å². The molecule has 4 rings (SSSR count). The summed E-state index contributed by atoms with van der Waals surface area (Å²) in [5.74, 6) is -0.780. The Labute approximate surface area is 172 Å². The molecule has 3 aromatic rings. The highest BCUT2D eigenvalue weighted by atomic mass is 35.5. The zero-order valence-electron chi connectivity index (χ0n) is 14.6. The van der Waals surface area contributed by atoms with E-state index < -0.39 is 12.0 Å². The summed E-state index contributed by atoms with van der Waals surface area (Å²) in [6.45, 7) is 0.717. The van der Waals surface area contributed by atoms with Gasteiger partial charge in [-0.2, -0.15) is 0 Å². The molecule has 2 heterocycles. The molecule has 1 aliphatic rings. The quantitative estimate of drug-likeness (QED) is 0.544. The van der Waals surface area contributed by atoms with Crippen LogP contribution in [0.15, 0.2) is 47.8 Å². The molecule has 0 aliphatic carbocycles. The molecule has 2 atom stereocenters. The molecule has 0 radical (unpaired) electrons. The van der Waals surface area contributed by atoms with Gasteiger partial charge in [-0.25, -0.2) is 0 Å². The number of rotatable bonds is 4. The zero-order valence-corrected chi connectivity index (χ0v) is 16.9. The van der Waals surface area contributed by atoms with E-state index in [1.54, 1.807) is 17.4 Å². The summed E-state index contributed by atoms with van der Waals surface area (Å²) in [5.41, 5.74) is 1.95. The summed E-state index contributed by atoms with van der Waals surface area (Å²) in [4.78, 5) is 14.1. The van der Waals surface area contributed by atoms with Gasteiger partial charge in [0.2, 0.25) is 0 Å². The molecule has 0 amide bonds. The third-order valence-corrected chi connectivity index (χ3v) is 7.06. The van der Waals surface area contributed by atoms with Crippen molar-refractivity contribution in [1.82, 2.24) is 4.90 Å². The smallest absolute Gasteiger partial charge is 0.320 e. The molecule has 1 N–H and O–H groups in total. The van der Waals surface area contributed by atoms with E-state index in [0.717, 1.165) is 29.4 Å². The molecule has 0 spiro atoms. The van der Waals surface area contributed by atoms with E-state index in [-0.39, 0.29) is 6.04 Å². The van der Waals surface area contributed by atoms with Gasteiger partial charge < -0.3 is 5.11 Å². The maximum absolute atomic E-state index is 12.0. The Balaban J connectivity index is 1.92. The average molecular weight is 420 g/mol. The predicted octanol–water partition coefficient (Wildman–Crippen LogP) is 6.24. The molecule has 0 saturated carbocycles. The minimum absolute atomic E-state index is 0.242. The number of fused-ring (bicyclic) bond motifs is 1. The van der Waals surface area contributed by atoms with Crippen LogP contribution >= 0.6 is 34.5 Å². The van der Waals surface area contributed by atoms with Gasteiger partial charge in [-0.1, -0.05) is 60.0 Å². The fraction of sp³-hybridized carbons (Fsp3) is 0.286. The van der Waals surface area contributed by atoms with E-state index in [1.165, 1.54) is 4.70 Å². The lowest BCUT2D eigenvalue weighted by atomic mass is 9.91. The minimum atomic E-state index is -0.780. The third-order valence-electron chi connectivity index (χ3n) is 5.24. The van der Waals surface area contributed by atoms with Gasteiger partial charge in [0.1, 0.15) is 6.04 Å². The number of carboxylic acid groups (broad SMARTS) is 1. The van der Waals surface area contributed by atoms with Crippen molar-refractivity contribution in [3.05, 3.63) is 69.0 Å². The number of nitrogens with zero attached hydrogens (tertiary/aromatic N) is 1. The number of halogens is 2. The Bertz CT molecular complexity index is 987. The fourth-order valence-corrected chi connectivity index (χ4v) is 5.39. The molecular weight excluding hydrogens is 401 g/mol. The number of likely N-dealkylation sites (tertiary alicyclic amines) is 1. The SMILES string of the molecule is O=C(O)C1CCCCN1C(c1cccc(Cl)c1Cl)c1csc2ccccc12. The van der Waals surface area contributed by atoms with Gasteiger partial charge >= 0.3 is 5.97 Å². The normalized spacial score (nSPS) is 19.3. The second-order valence-electron chi connectivity index (χ2n) is 6.82. The molecule has 1 aliphatic heterocycles. The van der Waals surface area contributed by atoms with Gasteiger partial charge in [0.15, 0.2) is 0 Å². The van der Waals surface area contributed by atoms with E-state index in [0.29, 0.717) is 23.0 Å². The van der Waals surface area contributed by atoms with Crippen molar-refractivity contribution in [2.24, 2.45) is 0 Å². The highest BCUT2D eigenvalue weighted by Crippen LogP contribution is 2.43.